The smallest absolute Gasteiger partial charge is 0.145 e. The van der Waals surface area contributed by atoms with E-state index in [0.717, 1.165) is 12.1 Å². The van der Waals surface area contributed by atoms with E-state index in [4.69, 9.17) is 0 Å². The third kappa shape index (κ3) is 1.39. The summed E-state index contributed by atoms with van der Waals surface area (Å²) >= 11 is 0. The van der Waals surface area contributed by atoms with Crippen LogP contribution in [-0.4, -0.2) is 9.38 Å². The van der Waals surface area contributed by atoms with Crippen LogP contribution in [0.2, 0.25) is 0 Å². The van der Waals surface area contributed by atoms with Gasteiger partial charge >= 0.3 is 0 Å². The van der Waals surface area contributed by atoms with Gasteiger partial charge in [0.05, 0.1) is 5.52 Å². The molecule has 5 aromatic rings. The summed E-state index contributed by atoms with van der Waals surface area (Å²) in [6.45, 7) is 0. The quantitative estimate of drug-likeness (QED) is 0.352. The number of imidazole rings is 1. The predicted octanol–water partition coefficient (Wildman–Crippen LogP) is 5.21. The summed E-state index contributed by atoms with van der Waals surface area (Å²) in [6, 6.07) is 21.9. The molecule has 2 heterocycles. The minimum atomic E-state index is 1.00. The third-order valence-corrected chi connectivity index (χ3v) is 5.30. The van der Waals surface area contributed by atoms with E-state index >= 15 is 0 Å². The van der Waals surface area contributed by atoms with E-state index < -0.39 is 0 Å². The molecule has 0 aliphatic heterocycles. The molecule has 0 bridgehead atoms. The first kappa shape index (κ1) is 12.3. The van der Waals surface area contributed by atoms with E-state index in [0.29, 0.717) is 0 Å². The van der Waals surface area contributed by atoms with Crippen molar-refractivity contribution in [3.05, 3.63) is 84.2 Å². The molecule has 0 saturated carbocycles. The first-order valence-electron chi connectivity index (χ1n) is 8.29. The van der Waals surface area contributed by atoms with E-state index in [1.165, 1.54) is 43.9 Å². The summed E-state index contributed by atoms with van der Waals surface area (Å²) in [5.74, 6) is 0. The van der Waals surface area contributed by atoms with Crippen molar-refractivity contribution in [2.24, 2.45) is 0 Å². The lowest BCUT2D eigenvalue weighted by atomic mass is 9.96. The van der Waals surface area contributed by atoms with Crippen LogP contribution in [0.25, 0.3) is 38.4 Å². The van der Waals surface area contributed by atoms with Crippen LogP contribution in [0.15, 0.2) is 73.1 Å². The fourth-order valence-electron chi connectivity index (χ4n) is 4.30. The third-order valence-electron chi connectivity index (χ3n) is 5.30. The van der Waals surface area contributed by atoms with Gasteiger partial charge in [-0.05, 0) is 46.2 Å². The second kappa shape index (κ2) is 4.24. The first-order valence-corrected chi connectivity index (χ1v) is 8.29. The van der Waals surface area contributed by atoms with Gasteiger partial charge in [0.1, 0.15) is 5.65 Å². The number of pyridine rings is 1. The van der Waals surface area contributed by atoms with Crippen LogP contribution in [0.5, 0.6) is 0 Å². The predicted molar refractivity (Wildman–Crippen MR) is 98.4 cm³/mol. The molecule has 0 radical (unpaired) electrons. The Morgan fingerprint density at radius 2 is 1.67 bits per heavy atom. The Morgan fingerprint density at radius 3 is 2.67 bits per heavy atom. The fraction of sp³-hybridized carbons (Fsp3) is 0.0455. The summed E-state index contributed by atoms with van der Waals surface area (Å²) in [4.78, 5) is 4.63. The van der Waals surface area contributed by atoms with E-state index in [-0.39, 0.29) is 0 Å². The van der Waals surface area contributed by atoms with E-state index in [9.17, 15) is 0 Å². The molecule has 0 spiro atoms. The number of para-hydroxylation sites is 1. The molecular weight excluding hydrogens is 292 g/mol. The van der Waals surface area contributed by atoms with Crippen LogP contribution in [0.4, 0.5) is 0 Å². The standard InChI is InChI=1S/C22H14N2/c1-2-6-15-14(5-1)13-19-16(15)9-10-18-21(19)17-7-3-4-8-20(17)24-12-11-23-22(18)24/h1-12H,13H2. The molecule has 24 heavy (non-hydrogen) atoms. The largest absolute Gasteiger partial charge is 0.299 e. The zero-order chi connectivity index (χ0) is 15.7. The number of benzene rings is 3. The van der Waals surface area contributed by atoms with Crippen molar-refractivity contribution in [2.45, 2.75) is 6.42 Å². The Bertz CT molecular complexity index is 1280. The molecule has 2 heteroatoms. The molecule has 2 aromatic heterocycles. The van der Waals surface area contributed by atoms with E-state index in [2.05, 4.69) is 76.2 Å². The van der Waals surface area contributed by atoms with Crippen LogP contribution in [-0.2, 0) is 6.42 Å². The zero-order valence-electron chi connectivity index (χ0n) is 13.0. The average Bonchev–Trinajstić information content (AvgIpc) is 3.26. The average molecular weight is 306 g/mol. The van der Waals surface area contributed by atoms with Crippen molar-refractivity contribution in [1.82, 2.24) is 9.38 Å². The number of hydrogen-bond donors (Lipinski definition) is 0. The van der Waals surface area contributed by atoms with Crippen molar-refractivity contribution in [3.63, 3.8) is 0 Å². The normalized spacial score (nSPS) is 12.8. The number of hydrogen-bond acceptors (Lipinski definition) is 1. The molecule has 0 fully saturated rings. The summed E-state index contributed by atoms with van der Waals surface area (Å²) in [6.07, 6.45) is 4.95. The molecule has 0 atom stereocenters. The van der Waals surface area contributed by atoms with Crippen LogP contribution in [0.3, 0.4) is 0 Å². The Labute approximate surface area is 139 Å². The molecule has 0 amide bonds. The minimum Gasteiger partial charge on any atom is -0.299 e. The highest BCUT2D eigenvalue weighted by molar-refractivity contribution is 6.15. The Hall–Kier alpha value is -3.13. The summed E-state index contributed by atoms with van der Waals surface area (Å²) < 4.78 is 2.20. The maximum Gasteiger partial charge on any atom is 0.145 e. The maximum absolute atomic E-state index is 4.63. The molecule has 0 unspecified atom stereocenters. The van der Waals surface area contributed by atoms with Crippen molar-refractivity contribution >= 4 is 27.3 Å². The maximum atomic E-state index is 4.63. The monoisotopic (exact) mass is 306 g/mol. The van der Waals surface area contributed by atoms with Gasteiger partial charge in [0.2, 0.25) is 0 Å². The summed E-state index contributed by atoms with van der Waals surface area (Å²) in [5, 5.41) is 3.91. The molecule has 1 aliphatic carbocycles. The fourth-order valence-corrected chi connectivity index (χ4v) is 4.30. The molecule has 2 nitrogen and oxygen atoms in total. The van der Waals surface area contributed by atoms with Gasteiger partial charge in [0.25, 0.3) is 0 Å². The van der Waals surface area contributed by atoms with Gasteiger partial charge in [0, 0.05) is 23.2 Å². The van der Waals surface area contributed by atoms with Gasteiger partial charge in [-0.2, -0.15) is 0 Å². The SMILES string of the molecule is c1ccc2c(c1)Cc1c-2ccc2c1c1ccccc1n1ccnc21. The highest BCUT2D eigenvalue weighted by atomic mass is 15.0. The summed E-state index contributed by atoms with van der Waals surface area (Å²) in [7, 11) is 0. The molecule has 0 N–H and O–H groups in total. The Balaban J connectivity index is 1.89. The molecular formula is C22H14N2. The van der Waals surface area contributed by atoms with Crippen molar-refractivity contribution in [2.75, 3.05) is 0 Å². The van der Waals surface area contributed by atoms with Crippen LogP contribution in [0, 0.1) is 0 Å². The lowest BCUT2D eigenvalue weighted by molar-refractivity contribution is 1.26. The van der Waals surface area contributed by atoms with Gasteiger partial charge in [0.15, 0.2) is 0 Å². The van der Waals surface area contributed by atoms with Gasteiger partial charge in [-0.15, -0.1) is 0 Å². The molecule has 6 rings (SSSR count). The van der Waals surface area contributed by atoms with Crippen molar-refractivity contribution < 1.29 is 0 Å². The second-order valence-electron chi connectivity index (χ2n) is 6.49. The zero-order valence-corrected chi connectivity index (χ0v) is 13.0. The van der Waals surface area contributed by atoms with Crippen LogP contribution >= 0.6 is 0 Å². The van der Waals surface area contributed by atoms with Gasteiger partial charge in [-0.3, -0.25) is 4.40 Å². The minimum absolute atomic E-state index is 1.00. The molecule has 0 saturated heterocycles. The van der Waals surface area contributed by atoms with Crippen LogP contribution < -0.4 is 0 Å². The lowest BCUT2D eigenvalue weighted by Gasteiger charge is -2.12. The van der Waals surface area contributed by atoms with Crippen molar-refractivity contribution in [1.29, 1.82) is 0 Å². The Morgan fingerprint density at radius 1 is 0.792 bits per heavy atom. The van der Waals surface area contributed by atoms with E-state index in [1.807, 2.05) is 6.20 Å². The number of aromatic nitrogens is 2. The van der Waals surface area contributed by atoms with Gasteiger partial charge < -0.3 is 0 Å². The molecule has 3 aromatic carbocycles. The summed E-state index contributed by atoms with van der Waals surface area (Å²) in [5.41, 5.74) is 7.88. The Kier molecular flexibility index (Phi) is 2.17. The highest BCUT2D eigenvalue weighted by Crippen LogP contribution is 2.43. The van der Waals surface area contributed by atoms with Gasteiger partial charge in [-0.1, -0.05) is 48.5 Å². The molecule has 1 aliphatic rings. The number of fused-ring (bicyclic) bond motifs is 10. The highest BCUT2D eigenvalue weighted by Gasteiger charge is 2.22. The van der Waals surface area contributed by atoms with Crippen LogP contribution in [0.1, 0.15) is 11.1 Å². The second-order valence-corrected chi connectivity index (χ2v) is 6.49. The van der Waals surface area contributed by atoms with Gasteiger partial charge in [-0.25, -0.2) is 4.98 Å². The topological polar surface area (TPSA) is 17.3 Å². The number of rotatable bonds is 0. The van der Waals surface area contributed by atoms with Crippen molar-refractivity contribution in [3.8, 4) is 11.1 Å². The first-order chi connectivity index (χ1) is 11.9. The number of nitrogens with zero attached hydrogens (tertiary/aromatic N) is 2. The lowest BCUT2D eigenvalue weighted by Crippen LogP contribution is -1.93. The van der Waals surface area contributed by atoms with E-state index in [1.54, 1.807) is 0 Å². The molecule has 112 valence electrons.